The van der Waals surface area contributed by atoms with Crippen molar-refractivity contribution < 1.29 is 4.79 Å². The summed E-state index contributed by atoms with van der Waals surface area (Å²) in [6.07, 6.45) is 2.25. The van der Waals surface area contributed by atoms with E-state index >= 15 is 0 Å². The Bertz CT molecular complexity index is 404. The summed E-state index contributed by atoms with van der Waals surface area (Å²) in [5, 5.41) is 3.72. The number of rotatable bonds is 5. The lowest BCUT2D eigenvalue weighted by atomic mass is 10.2. The molecule has 1 aliphatic carbocycles. The van der Waals surface area contributed by atoms with E-state index in [0.717, 1.165) is 23.4 Å². The summed E-state index contributed by atoms with van der Waals surface area (Å²) in [7, 11) is 1.93. The average Bonchev–Trinajstić information content (AvgIpc) is 3.05. The second-order valence-corrected chi connectivity index (χ2v) is 5.01. The molecule has 1 fully saturated rings. The zero-order valence-corrected chi connectivity index (χ0v) is 10.7. The lowest BCUT2D eigenvalue weighted by Crippen LogP contribution is -2.35. The van der Waals surface area contributed by atoms with Gasteiger partial charge in [0.15, 0.2) is 0 Å². The van der Waals surface area contributed by atoms with Crippen LogP contribution in [0.1, 0.15) is 18.4 Å². The van der Waals surface area contributed by atoms with E-state index in [1.807, 2.05) is 36.2 Å². The molecular formula is C13H17ClN2O. The minimum absolute atomic E-state index is 0.0991. The van der Waals surface area contributed by atoms with Gasteiger partial charge in [0.2, 0.25) is 5.91 Å². The zero-order chi connectivity index (χ0) is 12.3. The van der Waals surface area contributed by atoms with Gasteiger partial charge in [-0.1, -0.05) is 29.8 Å². The van der Waals surface area contributed by atoms with Gasteiger partial charge in [0, 0.05) is 17.6 Å². The van der Waals surface area contributed by atoms with Crippen LogP contribution >= 0.6 is 11.6 Å². The first-order valence-electron chi connectivity index (χ1n) is 5.86. The topological polar surface area (TPSA) is 32.3 Å². The van der Waals surface area contributed by atoms with Crippen molar-refractivity contribution >= 4 is 17.5 Å². The van der Waals surface area contributed by atoms with Crippen LogP contribution in [0.5, 0.6) is 0 Å². The molecule has 4 heteroatoms. The highest BCUT2D eigenvalue weighted by Gasteiger charge is 2.23. The molecule has 0 heterocycles. The SMILES string of the molecule is CN(CC(=O)NC1CC1)Cc1ccccc1Cl. The molecule has 1 N–H and O–H groups in total. The fourth-order valence-corrected chi connectivity index (χ4v) is 1.91. The Morgan fingerprint density at radius 3 is 2.82 bits per heavy atom. The molecule has 0 saturated heterocycles. The predicted octanol–water partition coefficient (Wildman–Crippen LogP) is 2.05. The molecule has 1 amide bonds. The monoisotopic (exact) mass is 252 g/mol. The van der Waals surface area contributed by atoms with Crippen molar-refractivity contribution in [2.45, 2.75) is 25.4 Å². The summed E-state index contributed by atoms with van der Waals surface area (Å²) in [5.74, 6) is 0.0991. The standard InChI is InChI=1S/C13H17ClN2O/c1-16(9-13(17)15-11-6-7-11)8-10-4-2-3-5-12(10)14/h2-5,11H,6-9H2,1H3,(H,15,17). The summed E-state index contributed by atoms with van der Waals surface area (Å²) in [5.41, 5.74) is 1.05. The van der Waals surface area contributed by atoms with E-state index in [9.17, 15) is 4.79 Å². The highest BCUT2D eigenvalue weighted by atomic mass is 35.5. The largest absolute Gasteiger partial charge is 0.352 e. The Morgan fingerprint density at radius 2 is 2.18 bits per heavy atom. The summed E-state index contributed by atoms with van der Waals surface area (Å²) >= 11 is 6.07. The molecule has 3 nitrogen and oxygen atoms in total. The number of hydrogen-bond acceptors (Lipinski definition) is 2. The van der Waals surface area contributed by atoms with Crippen LogP contribution in [0.3, 0.4) is 0 Å². The van der Waals surface area contributed by atoms with Crippen LogP contribution in [0.15, 0.2) is 24.3 Å². The molecule has 0 aromatic heterocycles. The molecule has 1 aromatic carbocycles. The summed E-state index contributed by atoms with van der Waals surface area (Å²) in [6, 6.07) is 8.15. The van der Waals surface area contributed by atoms with Gasteiger partial charge < -0.3 is 5.32 Å². The third kappa shape index (κ3) is 4.02. The van der Waals surface area contributed by atoms with Crippen molar-refractivity contribution in [2.24, 2.45) is 0 Å². The van der Waals surface area contributed by atoms with Gasteiger partial charge in [-0.25, -0.2) is 0 Å². The third-order valence-corrected chi connectivity index (χ3v) is 3.12. The van der Waals surface area contributed by atoms with Crippen molar-refractivity contribution in [3.63, 3.8) is 0 Å². The van der Waals surface area contributed by atoms with Gasteiger partial charge in [-0.2, -0.15) is 0 Å². The second kappa shape index (κ2) is 5.52. The predicted molar refractivity (Wildman–Crippen MR) is 69.0 cm³/mol. The number of hydrogen-bond donors (Lipinski definition) is 1. The lowest BCUT2D eigenvalue weighted by Gasteiger charge is -2.16. The zero-order valence-electron chi connectivity index (χ0n) is 9.95. The molecule has 0 atom stereocenters. The molecule has 1 aliphatic rings. The van der Waals surface area contributed by atoms with Crippen LogP contribution in [-0.4, -0.2) is 30.4 Å². The van der Waals surface area contributed by atoms with Crippen molar-refractivity contribution in [2.75, 3.05) is 13.6 Å². The molecule has 0 spiro atoms. The number of benzene rings is 1. The molecule has 0 radical (unpaired) electrons. The van der Waals surface area contributed by atoms with E-state index in [1.54, 1.807) is 0 Å². The molecule has 2 rings (SSSR count). The minimum Gasteiger partial charge on any atom is -0.352 e. The molecule has 0 bridgehead atoms. The van der Waals surface area contributed by atoms with Crippen LogP contribution in [0.2, 0.25) is 5.02 Å². The summed E-state index contributed by atoms with van der Waals surface area (Å²) in [4.78, 5) is 13.6. The fourth-order valence-electron chi connectivity index (χ4n) is 1.72. The molecule has 0 aliphatic heterocycles. The number of nitrogens with zero attached hydrogens (tertiary/aromatic N) is 1. The Kier molecular flexibility index (Phi) is 4.02. The Morgan fingerprint density at radius 1 is 1.47 bits per heavy atom. The van der Waals surface area contributed by atoms with Gasteiger partial charge in [-0.05, 0) is 31.5 Å². The van der Waals surface area contributed by atoms with Crippen LogP contribution in [-0.2, 0) is 11.3 Å². The molecule has 0 unspecified atom stereocenters. The average molecular weight is 253 g/mol. The van der Waals surface area contributed by atoms with Gasteiger partial charge in [0.1, 0.15) is 0 Å². The quantitative estimate of drug-likeness (QED) is 0.870. The first kappa shape index (κ1) is 12.4. The van der Waals surface area contributed by atoms with E-state index in [-0.39, 0.29) is 5.91 Å². The van der Waals surface area contributed by atoms with Gasteiger partial charge in [0.05, 0.1) is 6.54 Å². The fraction of sp³-hybridized carbons (Fsp3) is 0.462. The van der Waals surface area contributed by atoms with Gasteiger partial charge in [0.25, 0.3) is 0 Å². The van der Waals surface area contributed by atoms with Gasteiger partial charge in [-0.15, -0.1) is 0 Å². The Labute approximate surface area is 107 Å². The highest BCUT2D eigenvalue weighted by molar-refractivity contribution is 6.31. The van der Waals surface area contributed by atoms with Crippen molar-refractivity contribution in [3.05, 3.63) is 34.9 Å². The lowest BCUT2D eigenvalue weighted by molar-refractivity contribution is -0.122. The molecular weight excluding hydrogens is 236 g/mol. The molecule has 1 aromatic rings. The third-order valence-electron chi connectivity index (χ3n) is 2.75. The van der Waals surface area contributed by atoms with Crippen LogP contribution in [0.4, 0.5) is 0 Å². The number of carbonyl (C=O) groups excluding carboxylic acids is 1. The van der Waals surface area contributed by atoms with Crippen molar-refractivity contribution in [1.29, 1.82) is 0 Å². The Hall–Kier alpha value is -1.06. The number of likely N-dealkylation sites (N-methyl/N-ethyl adjacent to an activating group) is 1. The number of amides is 1. The maximum Gasteiger partial charge on any atom is 0.234 e. The second-order valence-electron chi connectivity index (χ2n) is 4.61. The van der Waals surface area contributed by atoms with Crippen molar-refractivity contribution in [3.8, 4) is 0 Å². The first-order chi connectivity index (χ1) is 8.15. The van der Waals surface area contributed by atoms with Crippen molar-refractivity contribution in [1.82, 2.24) is 10.2 Å². The highest BCUT2D eigenvalue weighted by Crippen LogP contribution is 2.19. The summed E-state index contributed by atoms with van der Waals surface area (Å²) < 4.78 is 0. The van der Waals surface area contributed by atoms with E-state index in [4.69, 9.17) is 11.6 Å². The van der Waals surface area contributed by atoms with E-state index in [0.29, 0.717) is 19.1 Å². The minimum atomic E-state index is 0.0991. The van der Waals surface area contributed by atoms with Crippen LogP contribution < -0.4 is 5.32 Å². The molecule has 1 saturated carbocycles. The molecule has 92 valence electrons. The normalized spacial score (nSPS) is 15.0. The number of halogens is 1. The van der Waals surface area contributed by atoms with E-state index in [1.165, 1.54) is 0 Å². The molecule has 17 heavy (non-hydrogen) atoms. The maximum absolute atomic E-state index is 11.6. The first-order valence-corrected chi connectivity index (χ1v) is 6.24. The van der Waals surface area contributed by atoms with E-state index in [2.05, 4.69) is 5.32 Å². The number of carbonyl (C=O) groups is 1. The van der Waals surface area contributed by atoms with Gasteiger partial charge >= 0.3 is 0 Å². The number of nitrogens with one attached hydrogen (secondary N) is 1. The summed E-state index contributed by atoms with van der Waals surface area (Å²) in [6.45, 7) is 1.11. The maximum atomic E-state index is 11.6. The van der Waals surface area contributed by atoms with Crippen LogP contribution in [0.25, 0.3) is 0 Å². The van der Waals surface area contributed by atoms with Gasteiger partial charge in [-0.3, -0.25) is 9.69 Å². The van der Waals surface area contributed by atoms with E-state index < -0.39 is 0 Å². The van der Waals surface area contributed by atoms with Crippen LogP contribution in [0, 0.1) is 0 Å². The Balaban J connectivity index is 1.81. The smallest absolute Gasteiger partial charge is 0.234 e.